The van der Waals surface area contributed by atoms with Gasteiger partial charge >= 0.3 is 0 Å². The average molecular weight is 405 g/mol. The topological polar surface area (TPSA) is 9.23 Å². The van der Waals surface area contributed by atoms with Crippen molar-refractivity contribution in [3.63, 3.8) is 0 Å². The van der Waals surface area contributed by atoms with Gasteiger partial charge in [-0.15, -0.1) is 0 Å². The van der Waals surface area contributed by atoms with E-state index >= 15 is 0 Å². The van der Waals surface area contributed by atoms with Gasteiger partial charge in [0, 0.05) is 10.6 Å². The molecule has 3 heteroatoms. The summed E-state index contributed by atoms with van der Waals surface area (Å²) < 4.78 is 19.4. The molecule has 1 nitrogen and oxygen atoms in total. The first kappa shape index (κ1) is 20.7. The van der Waals surface area contributed by atoms with Crippen LogP contribution < -0.4 is 4.74 Å². The van der Waals surface area contributed by atoms with E-state index in [1.807, 2.05) is 43.3 Å². The maximum atomic E-state index is 13.8. The van der Waals surface area contributed by atoms with Gasteiger partial charge in [0.1, 0.15) is 18.2 Å². The number of hydrogen-bond acceptors (Lipinski definition) is 1. The maximum absolute atomic E-state index is 13.8. The highest BCUT2D eigenvalue weighted by Gasteiger charge is 2.00. The van der Waals surface area contributed by atoms with Gasteiger partial charge in [-0.25, -0.2) is 4.39 Å². The molecule has 29 heavy (non-hydrogen) atoms. The molecule has 0 aromatic heterocycles. The molecule has 0 aliphatic carbocycles. The van der Waals surface area contributed by atoms with Gasteiger partial charge in [0.25, 0.3) is 0 Å². The summed E-state index contributed by atoms with van der Waals surface area (Å²) in [6.45, 7) is 2.57. The quantitative estimate of drug-likeness (QED) is 0.331. The molecule has 0 bridgehead atoms. The van der Waals surface area contributed by atoms with Crippen molar-refractivity contribution in [2.45, 2.75) is 19.8 Å². The van der Waals surface area contributed by atoms with Gasteiger partial charge < -0.3 is 4.74 Å². The van der Waals surface area contributed by atoms with Crippen LogP contribution in [0.5, 0.6) is 5.75 Å². The molecular weight excluding hydrogens is 383 g/mol. The predicted octanol–water partition coefficient (Wildman–Crippen LogP) is 6.62. The van der Waals surface area contributed by atoms with Crippen molar-refractivity contribution >= 4 is 11.6 Å². The molecule has 0 N–H and O–H groups in total. The van der Waals surface area contributed by atoms with Crippen LogP contribution in [0.4, 0.5) is 4.39 Å². The summed E-state index contributed by atoms with van der Waals surface area (Å²) in [6, 6.07) is 20.8. The molecule has 0 saturated carbocycles. The minimum atomic E-state index is -0.403. The van der Waals surface area contributed by atoms with Crippen molar-refractivity contribution in [3.8, 4) is 17.6 Å². The summed E-state index contributed by atoms with van der Waals surface area (Å²) in [5.41, 5.74) is 3.70. The molecule has 3 aromatic rings. The zero-order valence-corrected chi connectivity index (χ0v) is 17.0. The van der Waals surface area contributed by atoms with E-state index in [-0.39, 0.29) is 0 Å². The first-order chi connectivity index (χ1) is 14.1. The number of halogens is 2. The van der Waals surface area contributed by atoms with Crippen molar-refractivity contribution in [1.82, 2.24) is 0 Å². The molecule has 146 valence electrons. The highest BCUT2D eigenvalue weighted by molar-refractivity contribution is 6.30. The molecule has 0 aliphatic heterocycles. The predicted molar refractivity (Wildman–Crippen MR) is 118 cm³/mol. The van der Waals surface area contributed by atoms with Crippen LogP contribution in [0.1, 0.15) is 29.2 Å². The minimum Gasteiger partial charge on any atom is -0.490 e. The molecular formula is C26H22ClFO. The van der Waals surface area contributed by atoms with Crippen LogP contribution in [0.15, 0.2) is 78.9 Å². The fourth-order valence-corrected chi connectivity index (χ4v) is 2.93. The number of rotatable bonds is 6. The Morgan fingerprint density at radius 3 is 2.17 bits per heavy atom. The van der Waals surface area contributed by atoms with Gasteiger partial charge in [-0.3, -0.25) is 0 Å². The van der Waals surface area contributed by atoms with E-state index < -0.39 is 5.82 Å². The molecule has 3 rings (SSSR count). The molecule has 0 heterocycles. The van der Waals surface area contributed by atoms with Gasteiger partial charge in [-0.05, 0) is 73.4 Å². The van der Waals surface area contributed by atoms with Gasteiger partial charge in [-0.1, -0.05) is 59.9 Å². The summed E-state index contributed by atoms with van der Waals surface area (Å²) in [4.78, 5) is 0. The molecule has 3 aromatic carbocycles. The fourth-order valence-electron chi connectivity index (χ4n) is 2.77. The monoisotopic (exact) mass is 404 g/mol. The van der Waals surface area contributed by atoms with Gasteiger partial charge in [0.15, 0.2) is 0 Å². The summed E-state index contributed by atoms with van der Waals surface area (Å²) in [6.07, 6.45) is 5.85. The standard InChI is InChI=1S/C26H22ClFO/c1-2-3-18-29-25-16-11-22(12-17-25)9-6-20-4-7-21(8-5-20)10-13-23-14-15-24(27)19-26(23)28/h2-5,7-8,11-12,14-17,19H,6,9,18H2,1H3/b3-2+. The lowest BCUT2D eigenvalue weighted by Crippen LogP contribution is -1.95. The number of allylic oxidation sites excluding steroid dienone is 1. The Labute approximate surface area is 176 Å². The first-order valence-electron chi connectivity index (χ1n) is 9.53. The lowest BCUT2D eigenvalue weighted by atomic mass is 10.0. The third-order valence-electron chi connectivity index (χ3n) is 4.43. The summed E-state index contributed by atoms with van der Waals surface area (Å²) in [7, 11) is 0. The van der Waals surface area contributed by atoms with E-state index in [4.69, 9.17) is 16.3 Å². The van der Waals surface area contributed by atoms with Crippen LogP contribution in [-0.2, 0) is 12.8 Å². The van der Waals surface area contributed by atoms with Crippen molar-refractivity contribution in [3.05, 3.63) is 112 Å². The van der Waals surface area contributed by atoms with Crippen molar-refractivity contribution < 1.29 is 9.13 Å². The van der Waals surface area contributed by atoms with Crippen LogP contribution in [-0.4, -0.2) is 6.61 Å². The molecule has 0 spiro atoms. The highest BCUT2D eigenvalue weighted by Crippen LogP contribution is 2.16. The third kappa shape index (κ3) is 6.52. The summed E-state index contributed by atoms with van der Waals surface area (Å²) in [5, 5.41) is 0.369. The van der Waals surface area contributed by atoms with E-state index in [1.54, 1.807) is 12.1 Å². The summed E-state index contributed by atoms with van der Waals surface area (Å²) >= 11 is 5.76. The fraction of sp³-hybridized carbons (Fsp3) is 0.154. The lowest BCUT2D eigenvalue weighted by molar-refractivity contribution is 0.362. The molecule has 0 saturated heterocycles. The zero-order chi connectivity index (χ0) is 20.5. The Balaban J connectivity index is 1.55. The normalized spacial score (nSPS) is 10.6. The van der Waals surface area contributed by atoms with Gasteiger partial charge in [-0.2, -0.15) is 0 Å². The van der Waals surface area contributed by atoms with Crippen LogP contribution >= 0.6 is 11.6 Å². The van der Waals surface area contributed by atoms with Crippen LogP contribution in [0.3, 0.4) is 0 Å². The Hall–Kier alpha value is -3.02. The SMILES string of the molecule is C/C=C/COc1ccc(CCc2ccc(C#Cc3ccc(Cl)cc3F)cc2)cc1. The number of hydrogen-bond donors (Lipinski definition) is 0. The Bertz CT molecular complexity index is 1030. The van der Waals surface area contributed by atoms with E-state index in [0.29, 0.717) is 17.2 Å². The number of ether oxygens (including phenoxy) is 1. The second-order valence-corrected chi connectivity index (χ2v) is 7.03. The number of aryl methyl sites for hydroxylation is 2. The van der Waals surface area contributed by atoms with E-state index in [0.717, 1.165) is 24.2 Å². The Morgan fingerprint density at radius 1 is 0.897 bits per heavy atom. The lowest BCUT2D eigenvalue weighted by Gasteiger charge is -2.06. The maximum Gasteiger partial charge on any atom is 0.140 e. The van der Waals surface area contributed by atoms with Gasteiger partial charge in [0.05, 0.1) is 5.56 Å². The largest absolute Gasteiger partial charge is 0.490 e. The van der Waals surface area contributed by atoms with E-state index in [1.165, 1.54) is 17.2 Å². The summed E-state index contributed by atoms with van der Waals surface area (Å²) in [5.74, 6) is 6.33. The minimum absolute atomic E-state index is 0.344. The second-order valence-electron chi connectivity index (χ2n) is 6.60. The van der Waals surface area contributed by atoms with Crippen LogP contribution in [0, 0.1) is 17.7 Å². The van der Waals surface area contributed by atoms with Crippen molar-refractivity contribution in [1.29, 1.82) is 0 Å². The zero-order valence-electron chi connectivity index (χ0n) is 16.3. The average Bonchev–Trinajstić information content (AvgIpc) is 2.73. The first-order valence-corrected chi connectivity index (χ1v) is 9.91. The molecule has 0 aliphatic rings. The molecule has 0 radical (unpaired) electrons. The van der Waals surface area contributed by atoms with Crippen LogP contribution in [0.25, 0.3) is 0 Å². The van der Waals surface area contributed by atoms with Crippen molar-refractivity contribution in [2.24, 2.45) is 0 Å². The van der Waals surface area contributed by atoms with E-state index in [2.05, 4.69) is 36.1 Å². The van der Waals surface area contributed by atoms with Crippen LogP contribution in [0.2, 0.25) is 5.02 Å². The van der Waals surface area contributed by atoms with E-state index in [9.17, 15) is 4.39 Å². The second kappa shape index (κ2) is 10.5. The third-order valence-corrected chi connectivity index (χ3v) is 4.67. The highest BCUT2D eigenvalue weighted by atomic mass is 35.5. The van der Waals surface area contributed by atoms with Gasteiger partial charge in [0.2, 0.25) is 0 Å². The van der Waals surface area contributed by atoms with Crippen molar-refractivity contribution in [2.75, 3.05) is 6.61 Å². The molecule has 0 fully saturated rings. The molecule has 0 amide bonds. The molecule has 0 atom stereocenters. The Kier molecular flexibility index (Phi) is 7.50. The smallest absolute Gasteiger partial charge is 0.140 e. The molecule has 0 unspecified atom stereocenters. The number of benzene rings is 3. The Morgan fingerprint density at radius 2 is 1.55 bits per heavy atom.